The molecule has 1 aliphatic rings. The van der Waals surface area contributed by atoms with E-state index in [1.54, 1.807) is 7.11 Å². The van der Waals surface area contributed by atoms with E-state index in [9.17, 15) is 4.79 Å². The summed E-state index contributed by atoms with van der Waals surface area (Å²) in [4.78, 5) is 26.8. The zero-order valence-electron chi connectivity index (χ0n) is 17.8. The highest BCUT2D eigenvalue weighted by molar-refractivity contribution is 5.92. The van der Waals surface area contributed by atoms with Gasteiger partial charge in [-0.25, -0.2) is 9.78 Å². The number of carbonyl (C=O) groups is 1. The lowest BCUT2D eigenvalue weighted by Gasteiger charge is -2.16. The van der Waals surface area contributed by atoms with Crippen molar-refractivity contribution >= 4 is 34.4 Å². The summed E-state index contributed by atoms with van der Waals surface area (Å²) in [6.45, 7) is 1.61. The molecule has 162 valence electrons. The van der Waals surface area contributed by atoms with Crippen LogP contribution in [0.25, 0.3) is 22.3 Å². The maximum absolute atomic E-state index is 12.4. The molecule has 0 unspecified atom stereocenters. The molecule has 0 aliphatic carbocycles. The van der Waals surface area contributed by atoms with Crippen molar-refractivity contribution < 1.29 is 9.53 Å². The van der Waals surface area contributed by atoms with Gasteiger partial charge >= 0.3 is 6.03 Å². The van der Waals surface area contributed by atoms with Crippen LogP contribution in [0.3, 0.4) is 0 Å². The number of aromatic nitrogens is 3. The van der Waals surface area contributed by atoms with E-state index in [-0.39, 0.29) is 6.03 Å². The van der Waals surface area contributed by atoms with Crippen LogP contribution in [0.15, 0.2) is 60.8 Å². The molecule has 3 heterocycles. The first-order chi connectivity index (χ1) is 15.7. The minimum atomic E-state index is -0.0657. The van der Waals surface area contributed by atoms with Crippen LogP contribution in [-0.4, -0.2) is 46.1 Å². The Morgan fingerprint density at radius 1 is 1.03 bits per heavy atom. The number of ether oxygens (including phenoxy) is 1. The van der Waals surface area contributed by atoms with Crippen LogP contribution >= 0.6 is 0 Å². The number of H-pyrrole nitrogens is 1. The molecule has 2 amide bonds. The van der Waals surface area contributed by atoms with Crippen LogP contribution in [-0.2, 0) is 0 Å². The number of nitrogens with one attached hydrogen (secondary N) is 3. The fourth-order valence-corrected chi connectivity index (χ4v) is 3.91. The number of fused-ring (bicyclic) bond motifs is 1. The van der Waals surface area contributed by atoms with Gasteiger partial charge in [-0.15, -0.1) is 0 Å². The molecule has 0 bridgehead atoms. The Morgan fingerprint density at radius 2 is 1.84 bits per heavy atom. The zero-order chi connectivity index (χ0) is 21.9. The summed E-state index contributed by atoms with van der Waals surface area (Å²) in [6.07, 6.45) is 3.97. The molecule has 2 aromatic carbocycles. The topological polar surface area (TPSA) is 95.2 Å². The monoisotopic (exact) mass is 428 g/mol. The van der Waals surface area contributed by atoms with Crippen molar-refractivity contribution in [1.29, 1.82) is 0 Å². The van der Waals surface area contributed by atoms with Gasteiger partial charge < -0.3 is 25.3 Å². The maximum Gasteiger partial charge on any atom is 0.321 e. The molecule has 0 saturated carbocycles. The largest absolute Gasteiger partial charge is 0.497 e. The number of rotatable bonds is 5. The van der Waals surface area contributed by atoms with Gasteiger partial charge in [-0.2, -0.15) is 4.98 Å². The van der Waals surface area contributed by atoms with E-state index >= 15 is 0 Å². The molecule has 8 heteroatoms. The number of aromatic amines is 1. The zero-order valence-corrected chi connectivity index (χ0v) is 17.8. The number of hydrogen-bond donors (Lipinski definition) is 3. The number of urea groups is 1. The Hall–Kier alpha value is -4.07. The van der Waals surface area contributed by atoms with Gasteiger partial charge in [0.25, 0.3) is 0 Å². The van der Waals surface area contributed by atoms with Gasteiger partial charge in [-0.3, -0.25) is 0 Å². The fourth-order valence-electron chi connectivity index (χ4n) is 3.91. The van der Waals surface area contributed by atoms with Crippen LogP contribution in [0.5, 0.6) is 5.75 Å². The summed E-state index contributed by atoms with van der Waals surface area (Å²) < 4.78 is 5.37. The molecule has 1 saturated heterocycles. The van der Waals surface area contributed by atoms with E-state index in [0.29, 0.717) is 5.95 Å². The predicted molar refractivity (Wildman–Crippen MR) is 125 cm³/mol. The van der Waals surface area contributed by atoms with E-state index in [1.165, 1.54) is 0 Å². The number of benzene rings is 2. The highest BCUT2D eigenvalue weighted by atomic mass is 16.5. The van der Waals surface area contributed by atoms with Gasteiger partial charge in [0, 0.05) is 41.6 Å². The highest BCUT2D eigenvalue weighted by Crippen LogP contribution is 2.30. The summed E-state index contributed by atoms with van der Waals surface area (Å²) in [7, 11) is 1.65. The van der Waals surface area contributed by atoms with Crippen molar-refractivity contribution in [2.75, 3.05) is 30.8 Å². The molecular formula is C24H24N6O2. The molecule has 4 aromatic rings. The third-order valence-electron chi connectivity index (χ3n) is 5.52. The van der Waals surface area contributed by atoms with Crippen LogP contribution < -0.4 is 15.4 Å². The number of anilines is 3. The number of carbonyl (C=O) groups excluding carboxylic acids is 1. The Bertz CT molecular complexity index is 1260. The normalized spacial score (nSPS) is 13.3. The van der Waals surface area contributed by atoms with Crippen molar-refractivity contribution in [3.63, 3.8) is 0 Å². The smallest absolute Gasteiger partial charge is 0.321 e. The van der Waals surface area contributed by atoms with Gasteiger partial charge in [-0.1, -0.05) is 18.2 Å². The second kappa shape index (κ2) is 8.58. The molecule has 0 atom stereocenters. The Labute approximate surface area is 185 Å². The highest BCUT2D eigenvalue weighted by Gasteiger charge is 2.18. The van der Waals surface area contributed by atoms with Crippen molar-refractivity contribution in [3.05, 3.63) is 60.8 Å². The summed E-state index contributed by atoms with van der Waals surface area (Å²) in [6, 6.07) is 17.2. The number of methoxy groups -OCH3 is 1. The summed E-state index contributed by atoms with van der Waals surface area (Å²) in [5, 5.41) is 7.17. The average Bonchev–Trinajstić information content (AvgIpc) is 3.51. The Kier molecular flexibility index (Phi) is 5.33. The lowest BCUT2D eigenvalue weighted by atomic mass is 10.1. The minimum absolute atomic E-state index is 0.0657. The van der Waals surface area contributed by atoms with Crippen molar-refractivity contribution in [2.24, 2.45) is 0 Å². The van der Waals surface area contributed by atoms with E-state index in [1.807, 2.05) is 65.7 Å². The van der Waals surface area contributed by atoms with E-state index in [0.717, 1.165) is 65.3 Å². The van der Waals surface area contributed by atoms with E-state index in [2.05, 4.69) is 20.6 Å². The molecule has 2 aromatic heterocycles. The van der Waals surface area contributed by atoms with E-state index in [4.69, 9.17) is 9.72 Å². The maximum atomic E-state index is 12.4. The number of hydrogen-bond acceptors (Lipinski definition) is 5. The lowest BCUT2D eigenvalue weighted by Crippen LogP contribution is -2.32. The summed E-state index contributed by atoms with van der Waals surface area (Å²) >= 11 is 0. The Balaban J connectivity index is 1.42. The standard InChI is InChI=1S/C24H24N6O2/c1-32-19-9-4-6-16(14-19)21-20-10-11-25-22(20)29-23(28-21)26-17-7-5-8-18(15-17)27-24(31)30-12-2-3-13-30/h4-11,14-15H,2-3,12-13H2,1H3,(H,27,31)(H2,25,26,28,29). The fraction of sp³-hybridized carbons (Fsp3) is 0.208. The molecule has 0 spiro atoms. The molecule has 5 rings (SSSR count). The number of amides is 2. The first kappa shape index (κ1) is 19.9. The van der Waals surface area contributed by atoms with Gasteiger partial charge in [0.1, 0.15) is 11.4 Å². The third kappa shape index (κ3) is 4.07. The Morgan fingerprint density at radius 3 is 2.69 bits per heavy atom. The first-order valence-electron chi connectivity index (χ1n) is 10.6. The number of nitrogens with zero attached hydrogens (tertiary/aromatic N) is 3. The molecule has 3 N–H and O–H groups in total. The molecular weight excluding hydrogens is 404 g/mol. The molecule has 8 nitrogen and oxygen atoms in total. The number of likely N-dealkylation sites (tertiary alicyclic amines) is 1. The van der Waals surface area contributed by atoms with Gasteiger partial charge in [0.15, 0.2) is 0 Å². The average molecular weight is 428 g/mol. The molecule has 32 heavy (non-hydrogen) atoms. The summed E-state index contributed by atoms with van der Waals surface area (Å²) in [5.41, 5.74) is 3.98. The lowest BCUT2D eigenvalue weighted by molar-refractivity contribution is 0.222. The second-order valence-electron chi connectivity index (χ2n) is 7.70. The molecule has 0 radical (unpaired) electrons. The minimum Gasteiger partial charge on any atom is -0.497 e. The predicted octanol–water partition coefficient (Wildman–Crippen LogP) is 5.00. The van der Waals surface area contributed by atoms with Crippen molar-refractivity contribution in [3.8, 4) is 17.0 Å². The first-order valence-corrected chi connectivity index (χ1v) is 10.6. The van der Waals surface area contributed by atoms with Crippen molar-refractivity contribution in [1.82, 2.24) is 19.9 Å². The van der Waals surface area contributed by atoms with Crippen LogP contribution in [0.1, 0.15) is 12.8 Å². The van der Waals surface area contributed by atoms with Crippen LogP contribution in [0.4, 0.5) is 22.1 Å². The van der Waals surface area contributed by atoms with E-state index < -0.39 is 0 Å². The molecule has 1 fully saturated rings. The van der Waals surface area contributed by atoms with Gasteiger partial charge in [-0.05, 0) is 49.2 Å². The van der Waals surface area contributed by atoms with Crippen molar-refractivity contribution in [2.45, 2.75) is 12.8 Å². The summed E-state index contributed by atoms with van der Waals surface area (Å²) in [5.74, 6) is 1.22. The van der Waals surface area contributed by atoms with Gasteiger partial charge in [0.2, 0.25) is 5.95 Å². The quantitative estimate of drug-likeness (QED) is 0.416. The molecule has 1 aliphatic heterocycles. The second-order valence-corrected chi connectivity index (χ2v) is 7.70. The van der Waals surface area contributed by atoms with Crippen LogP contribution in [0, 0.1) is 0 Å². The van der Waals surface area contributed by atoms with Gasteiger partial charge in [0.05, 0.1) is 12.8 Å². The third-order valence-corrected chi connectivity index (χ3v) is 5.52. The van der Waals surface area contributed by atoms with Crippen LogP contribution in [0.2, 0.25) is 0 Å². The SMILES string of the molecule is COc1cccc(-c2nc(Nc3cccc(NC(=O)N4CCCC4)c3)nc3[nH]ccc23)c1.